The second-order valence-corrected chi connectivity index (χ2v) is 3.28. The van der Waals surface area contributed by atoms with Crippen molar-refractivity contribution >= 4 is 17.6 Å². The van der Waals surface area contributed by atoms with E-state index >= 15 is 0 Å². The quantitative estimate of drug-likeness (QED) is 0.770. The maximum absolute atomic E-state index is 10.5. The number of aromatic nitrogens is 2. The van der Waals surface area contributed by atoms with Crippen LogP contribution in [0.2, 0.25) is 5.15 Å². The molecule has 0 bridgehead atoms. The lowest BCUT2D eigenvalue weighted by atomic mass is 10.1. The minimum Gasteiger partial charge on any atom is -0.480 e. The minimum absolute atomic E-state index is 0.203. The van der Waals surface area contributed by atoms with Gasteiger partial charge in [-0.25, -0.2) is 0 Å². The Morgan fingerprint density at radius 3 is 2.93 bits per heavy atom. The Balaban J connectivity index is 2.77. The Morgan fingerprint density at radius 1 is 1.86 bits per heavy atom. The summed E-state index contributed by atoms with van der Waals surface area (Å²) in [5, 5.41) is 13.0. The number of nitrogens with two attached hydrogens (primary N) is 1. The van der Waals surface area contributed by atoms with E-state index in [9.17, 15) is 4.79 Å². The van der Waals surface area contributed by atoms with Crippen LogP contribution in [0.3, 0.4) is 0 Å². The van der Waals surface area contributed by atoms with Crippen LogP contribution in [0.25, 0.3) is 0 Å². The lowest BCUT2D eigenvalue weighted by Gasteiger charge is -2.04. The summed E-state index contributed by atoms with van der Waals surface area (Å²) in [5.74, 6) is -1.04. The third-order valence-corrected chi connectivity index (χ3v) is 2.34. The van der Waals surface area contributed by atoms with Crippen LogP contribution in [0.1, 0.15) is 12.5 Å². The van der Waals surface area contributed by atoms with E-state index in [4.69, 9.17) is 22.4 Å². The van der Waals surface area contributed by atoms with Crippen LogP contribution in [-0.2, 0) is 17.8 Å². The topological polar surface area (TPSA) is 81.1 Å². The monoisotopic (exact) mass is 217 g/mol. The number of hydrogen-bond donors (Lipinski definition) is 2. The highest BCUT2D eigenvalue weighted by Crippen LogP contribution is 2.16. The van der Waals surface area contributed by atoms with E-state index in [0.717, 1.165) is 0 Å². The molecule has 1 unspecified atom stereocenters. The number of aryl methyl sites for hydroxylation is 1. The Morgan fingerprint density at radius 2 is 2.50 bits per heavy atom. The van der Waals surface area contributed by atoms with Crippen LogP contribution in [0.5, 0.6) is 0 Å². The lowest BCUT2D eigenvalue weighted by molar-refractivity contribution is -0.138. The van der Waals surface area contributed by atoms with Gasteiger partial charge in [-0.2, -0.15) is 5.10 Å². The summed E-state index contributed by atoms with van der Waals surface area (Å²) in [4.78, 5) is 10.5. The molecule has 0 spiro atoms. The molecule has 14 heavy (non-hydrogen) atoms. The highest BCUT2D eigenvalue weighted by Gasteiger charge is 2.16. The van der Waals surface area contributed by atoms with Gasteiger partial charge in [-0.05, 0) is 6.92 Å². The van der Waals surface area contributed by atoms with Crippen LogP contribution in [0, 0.1) is 0 Å². The molecule has 78 valence electrons. The highest BCUT2D eigenvalue weighted by molar-refractivity contribution is 6.30. The van der Waals surface area contributed by atoms with Gasteiger partial charge in [0.25, 0.3) is 0 Å². The van der Waals surface area contributed by atoms with Gasteiger partial charge in [-0.15, -0.1) is 0 Å². The molecular formula is C8H12ClN3O2. The van der Waals surface area contributed by atoms with E-state index in [1.54, 1.807) is 10.9 Å². The molecule has 0 aliphatic rings. The van der Waals surface area contributed by atoms with E-state index in [0.29, 0.717) is 17.3 Å². The Kier molecular flexibility index (Phi) is 3.49. The summed E-state index contributed by atoms with van der Waals surface area (Å²) >= 11 is 5.93. The largest absolute Gasteiger partial charge is 0.480 e. The second kappa shape index (κ2) is 4.43. The molecule has 0 saturated carbocycles. The van der Waals surface area contributed by atoms with Crippen molar-refractivity contribution in [1.82, 2.24) is 9.78 Å². The predicted octanol–water partition coefficient (Wildman–Crippen LogP) is 0.511. The normalized spacial score (nSPS) is 12.8. The summed E-state index contributed by atoms with van der Waals surface area (Å²) in [7, 11) is 0. The predicted molar refractivity (Wildman–Crippen MR) is 52.2 cm³/mol. The number of nitrogens with zero attached hydrogens (tertiary/aromatic N) is 2. The van der Waals surface area contributed by atoms with Gasteiger partial charge in [0.15, 0.2) is 0 Å². The van der Waals surface area contributed by atoms with Crippen molar-refractivity contribution in [2.45, 2.75) is 25.9 Å². The molecule has 0 saturated heterocycles. The van der Waals surface area contributed by atoms with Crippen molar-refractivity contribution in [1.29, 1.82) is 0 Å². The molecular weight excluding hydrogens is 206 g/mol. The fourth-order valence-corrected chi connectivity index (χ4v) is 1.38. The molecule has 1 rings (SSSR count). The third-order valence-electron chi connectivity index (χ3n) is 1.90. The Hall–Kier alpha value is -1.07. The average molecular weight is 218 g/mol. The van der Waals surface area contributed by atoms with Crippen LogP contribution in [0.15, 0.2) is 6.20 Å². The molecule has 1 heterocycles. The number of carboxylic acids is 1. The summed E-state index contributed by atoms with van der Waals surface area (Å²) in [6.07, 6.45) is 1.75. The fraction of sp³-hybridized carbons (Fsp3) is 0.500. The van der Waals surface area contributed by atoms with Crippen LogP contribution in [0.4, 0.5) is 0 Å². The smallest absolute Gasteiger partial charge is 0.320 e. The van der Waals surface area contributed by atoms with Crippen LogP contribution >= 0.6 is 11.6 Å². The molecule has 0 fully saturated rings. The van der Waals surface area contributed by atoms with Gasteiger partial charge < -0.3 is 10.8 Å². The van der Waals surface area contributed by atoms with E-state index < -0.39 is 12.0 Å². The van der Waals surface area contributed by atoms with Gasteiger partial charge in [0.1, 0.15) is 11.2 Å². The van der Waals surface area contributed by atoms with Crippen molar-refractivity contribution in [2.75, 3.05) is 0 Å². The van der Waals surface area contributed by atoms with Gasteiger partial charge in [0.05, 0.1) is 6.20 Å². The van der Waals surface area contributed by atoms with E-state index in [2.05, 4.69) is 5.10 Å². The molecule has 0 aromatic carbocycles. The standard InChI is InChI=1S/C8H12ClN3O2/c1-2-12-7(9)5(4-11-12)3-6(10)8(13)14/h4,6H,2-3,10H2,1H3,(H,13,14). The van der Waals surface area contributed by atoms with Crippen LogP contribution < -0.4 is 5.73 Å². The Labute approximate surface area is 86.5 Å². The average Bonchev–Trinajstić information content (AvgIpc) is 2.47. The van der Waals surface area contributed by atoms with Crippen molar-refractivity contribution in [2.24, 2.45) is 5.73 Å². The summed E-state index contributed by atoms with van der Waals surface area (Å²) in [6, 6.07) is -0.929. The molecule has 6 heteroatoms. The number of rotatable bonds is 4. The van der Waals surface area contributed by atoms with Crippen LogP contribution in [-0.4, -0.2) is 26.9 Å². The first-order chi connectivity index (χ1) is 6.56. The first-order valence-corrected chi connectivity index (χ1v) is 4.62. The zero-order valence-electron chi connectivity index (χ0n) is 7.77. The molecule has 5 nitrogen and oxygen atoms in total. The molecule has 0 aliphatic heterocycles. The number of hydrogen-bond acceptors (Lipinski definition) is 3. The summed E-state index contributed by atoms with van der Waals surface area (Å²) in [5.41, 5.74) is 6.04. The van der Waals surface area contributed by atoms with Crippen molar-refractivity contribution in [3.8, 4) is 0 Å². The van der Waals surface area contributed by atoms with Crippen molar-refractivity contribution in [3.63, 3.8) is 0 Å². The molecule has 0 radical (unpaired) electrons. The van der Waals surface area contributed by atoms with Gasteiger partial charge in [-0.1, -0.05) is 11.6 Å². The van der Waals surface area contributed by atoms with Crippen molar-refractivity contribution in [3.05, 3.63) is 16.9 Å². The zero-order chi connectivity index (χ0) is 10.7. The van der Waals surface area contributed by atoms with Crippen molar-refractivity contribution < 1.29 is 9.90 Å². The van der Waals surface area contributed by atoms with E-state index in [-0.39, 0.29) is 6.42 Å². The van der Waals surface area contributed by atoms with Gasteiger partial charge >= 0.3 is 5.97 Å². The number of aliphatic carboxylic acids is 1. The molecule has 1 atom stereocenters. The molecule has 1 aromatic rings. The molecule has 1 aromatic heterocycles. The fourth-order valence-electron chi connectivity index (χ4n) is 1.09. The van der Waals surface area contributed by atoms with Gasteiger partial charge in [0.2, 0.25) is 0 Å². The van der Waals surface area contributed by atoms with Gasteiger partial charge in [-0.3, -0.25) is 9.48 Å². The van der Waals surface area contributed by atoms with Gasteiger partial charge in [0, 0.05) is 18.5 Å². The zero-order valence-corrected chi connectivity index (χ0v) is 8.53. The Bertz CT molecular complexity index is 337. The lowest BCUT2D eigenvalue weighted by Crippen LogP contribution is -2.32. The number of carboxylic acid groups (broad SMARTS) is 1. The van der Waals surface area contributed by atoms with E-state index in [1.807, 2.05) is 6.92 Å². The molecule has 0 amide bonds. The molecule has 3 N–H and O–H groups in total. The first-order valence-electron chi connectivity index (χ1n) is 4.24. The maximum Gasteiger partial charge on any atom is 0.320 e. The maximum atomic E-state index is 10.5. The minimum atomic E-state index is -1.04. The summed E-state index contributed by atoms with van der Waals surface area (Å²) < 4.78 is 1.59. The third kappa shape index (κ3) is 2.24. The SMILES string of the molecule is CCn1ncc(CC(N)C(=O)O)c1Cl. The highest BCUT2D eigenvalue weighted by atomic mass is 35.5. The second-order valence-electron chi connectivity index (χ2n) is 2.93. The number of halogens is 1. The number of carbonyl (C=O) groups is 1. The molecule has 0 aliphatic carbocycles. The first kappa shape index (κ1) is 11.0. The van der Waals surface area contributed by atoms with E-state index in [1.165, 1.54) is 0 Å². The summed E-state index contributed by atoms with van der Waals surface area (Å²) in [6.45, 7) is 2.56.